The highest BCUT2D eigenvalue weighted by Gasteiger charge is 2.11. The van der Waals surface area contributed by atoms with Gasteiger partial charge in [-0.3, -0.25) is 0 Å². The largest absolute Gasteiger partial charge is 0.354 e. The summed E-state index contributed by atoms with van der Waals surface area (Å²) >= 11 is 3.03. The van der Waals surface area contributed by atoms with Crippen LogP contribution in [0, 0.1) is 5.82 Å². The molecule has 0 radical (unpaired) electrons. The zero-order valence-corrected chi connectivity index (χ0v) is 16.8. The summed E-state index contributed by atoms with van der Waals surface area (Å²) in [6, 6.07) is 16.9. The van der Waals surface area contributed by atoms with Crippen LogP contribution >= 0.6 is 23.1 Å². The van der Waals surface area contributed by atoms with Crippen LogP contribution in [0.4, 0.5) is 9.52 Å². The summed E-state index contributed by atoms with van der Waals surface area (Å²) in [5.74, 6) is 1.11. The molecule has 4 aromatic rings. The molecule has 0 atom stereocenters. The number of rotatable bonds is 7. The molecule has 0 bridgehead atoms. The van der Waals surface area contributed by atoms with E-state index in [-0.39, 0.29) is 5.82 Å². The minimum atomic E-state index is -0.197. The van der Waals surface area contributed by atoms with E-state index in [2.05, 4.69) is 20.5 Å². The van der Waals surface area contributed by atoms with Crippen LogP contribution in [0.15, 0.2) is 65.1 Å². The highest BCUT2D eigenvalue weighted by molar-refractivity contribution is 7.98. The van der Waals surface area contributed by atoms with Crippen LogP contribution in [0.3, 0.4) is 0 Å². The molecule has 2 aromatic carbocycles. The number of nitrogens with zero attached hydrogens (tertiary/aromatic N) is 4. The van der Waals surface area contributed by atoms with Gasteiger partial charge in [0.15, 0.2) is 16.1 Å². The van der Waals surface area contributed by atoms with E-state index in [9.17, 15) is 4.39 Å². The first-order valence-corrected chi connectivity index (χ1v) is 10.6. The molecule has 2 heterocycles. The number of nitrogens with one attached hydrogen (secondary N) is 1. The van der Waals surface area contributed by atoms with Gasteiger partial charge in [0, 0.05) is 23.7 Å². The van der Waals surface area contributed by atoms with Crippen molar-refractivity contribution in [2.75, 3.05) is 5.32 Å². The lowest BCUT2D eigenvalue weighted by Crippen LogP contribution is -2.06. The van der Waals surface area contributed by atoms with E-state index in [1.165, 1.54) is 17.8 Å². The Morgan fingerprint density at radius 3 is 2.68 bits per heavy atom. The zero-order valence-electron chi connectivity index (χ0n) is 15.2. The molecule has 5 nitrogen and oxygen atoms in total. The molecule has 0 fully saturated rings. The van der Waals surface area contributed by atoms with Crippen molar-refractivity contribution in [3.8, 4) is 11.3 Å². The number of thiazole rings is 1. The smallest absolute Gasteiger partial charge is 0.191 e. The first-order valence-electron chi connectivity index (χ1n) is 8.70. The van der Waals surface area contributed by atoms with Crippen molar-refractivity contribution in [2.24, 2.45) is 7.05 Å². The molecule has 0 aliphatic rings. The van der Waals surface area contributed by atoms with Crippen LogP contribution in [0.5, 0.6) is 0 Å². The Hall–Kier alpha value is -2.71. The van der Waals surface area contributed by atoms with E-state index < -0.39 is 0 Å². The number of aromatic nitrogens is 4. The van der Waals surface area contributed by atoms with E-state index in [4.69, 9.17) is 0 Å². The van der Waals surface area contributed by atoms with Crippen LogP contribution < -0.4 is 5.32 Å². The van der Waals surface area contributed by atoms with E-state index in [0.717, 1.165) is 27.4 Å². The summed E-state index contributed by atoms with van der Waals surface area (Å²) in [6.07, 6.45) is 0. The number of halogens is 1. The van der Waals surface area contributed by atoms with Gasteiger partial charge in [-0.05, 0) is 11.6 Å². The lowest BCUT2D eigenvalue weighted by atomic mass is 10.2. The van der Waals surface area contributed by atoms with E-state index in [0.29, 0.717) is 17.9 Å². The molecule has 0 saturated carbocycles. The third kappa shape index (κ3) is 4.23. The van der Waals surface area contributed by atoms with Gasteiger partial charge in [-0.15, -0.1) is 21.5 Å². The number of anilines is 1. The van der Waals surface area contributed by atoms with Crippen molar-refractivity contribution in [1.82, 2.24) is 19.7 Å². The highest BCUT2D eigenvalue weighted by Crippen LogP contribution is 2.26. The SMILES string of the molecule is Cn1c(CNc2nc(-c3ccccc3)cs2)nnc1SCc1ccccc1F. The maximum atomic E-state index is 13.8. The Kier molecular flexibility index (Phi) is 5.68. The fourth-order valence-electron chi connectivity index (χ4n) is 2.63. The Balaban J connectivity index is 1.37. The normalized spacial score (nSPS) is 10.9. The first-order chi connectivity index (χ1) is 13.7. The minimum Gasteiger partial charge on any atom is -0.354 e. The molecule has 0 spiro atoms. The second-order valence-electron chi connectivity index (χ2n) is 6.10. The standard InChI is InChI=1S/C20H18FN5S2/c1-26-18(24-25-20(26)28-12-15-9-5-6-10-16(15)21)11-22-19-23-17(13-27-19)14-7-3-2-4-8-14/h2-10,13H,11-12H2,1H3,(H,22,23). The van der Waals surface area contributed by atoms with Crippen molar-refractivity contribution < 1.29 is 4.39 Å². The summed E-state index contributed by atoms with van der Waals surface area (Å²) in [5, 5.41) is 15.4. The number of benzene rings is 2. The maximum Gasteiger partial charge on any atom is 0.191 e. The van der Waals surface area contributed by atoms with Gasteiger partial charge < -0.3 is 9.88 Å². The van der Waals surface area contributed by atoms with Gasteiger partial charge in [0.1, 0.15) is 5.82 Å². The van der Waals surface area contributed by atoms with Gasteiger partial charge in [0.2, 0.25) is 0 Å². The predicted molar refractivity (Wildman–Crippen MR) is 112 cm³/mol. The van der Waals surface area contributed by atoms with Crippen LogP contribution in [0.1, 0.15) is 11.4 Å². The molecule has 4 rings (SSSR count). The second-order valence-corrected chi connectivity index (χ2v) is 7.90. The lowest BCUT2D eigenvalue weighted by Gasteiger charge is -2.05. The third-order valence-corrected chi connectivity index (χ3v) is 6.08. The van der Waals surface area contributed by atoms with Crippen molar-refractivity contribution in [3.05, 3.63) is 77.2 Å². The molecule has 0 aliphatic heterocycles. The summed E-state index contributed by atoms with van der Waals surface area (Å²) < 4.78 is 15.7. The first kappa shape index (κ1) is 18.6. The van der Waals surface area contributed by atoms with Gasteiger partial charge in [0.05, 0.1) is 12.2 Å². The van der Waals surface area contributed by atoms with E-state index in [1.54, 1.807) is 23.5 Å². The Morgan fingerprint density at radius 1 is 1.07 bits per heavy atom. The molecule has 28 heavy (non-hydrogen) atoms. The average Bonchev–Trinajstić information content (AvgIpc) is 3.33. The predicted octanol–water partition coefficient (Wildman–Crippen LogP) is 4.98. The number of thioether (sulfide) groups is 1. The Bertz CT molecular complexity index is 1060. The van der Waals surface area contributed by atoms with Crippen LogP contribution in [0.2, 0.25) is 0 Å². The number of hydrogen-bond acceptors (Lipinski definition) is 6. The molecule has 1 N–H and O–H groups in total. The minimum absolute atomic E-state index is 0.197. The summed E-state index contributed by atoms with van der Waals surface area (Å²) in [5.41, 5.74) is 2.70. The van der Waals surface area contributed by atoms with Gasteiger partial charge in [-0.2, -0.15) is 0 Å². The molecule has 8 heteroatoms. The zero-order chi connectivity index (χ0) is 19.3. The summed E-state index contributed by atoms with van der Waals surface area (Å²) in [4.78, 5) is 4.62. The fraction of sp³-hybridized carbons (Fsp3) is 0.150. The summed E-state index contributed by atoms with van der Waals surface area (Å²) in [7, 11) is 1.91. The Labute approximate surface area is 170 Å². The lowest BCUT2D eigenvalue weighted by molar-refractivity contribution is 0.617. The van der Waals surface area contributed by atoms with Crippen molar-refractivity contribution in [3.63, 3.8) is 0 Å². The van der Waals surface area contributed by atoms with Crippen molar-refractivity contribution >= 4 is 28.2 Å². The van der Waals surface area contributed by atoms with Gasteiger partial charge >= 0.3 is 0 Å². The molecule has 0 amide bonds. The molecule has 2 aromatic heterocycles. The maximum absolute atomic E-state index is 13.8. The van der Waals surface area contributed by atoms with Crippen molar-refractivity contribution in [1.29, 1.82) is 0 Å². The van der Waals surface area contributed by atoms with Crippen LogP contribution in [-0.4, -0.2) is 19.7 Å². The fourth-order valence-corrected chi connectivity index (χ4v) is 4.27. The average molecular weight is 412 g/mol. The van der Waals surface area contributed by atoms with Gasteiger partial charge in [-0.1, -0.05) is 60.3 Å². The van der Waals surface area contributed by atoms with Crippen LogP contribution in [-0.2, 0) is 19.3 Å². The van der Waals surface area contributed by atoms with Gasteiger partial charge in [-0.25, -0.2) is 9.37 Å². The number of hydrogen-bond donors (Lipinski definition) is 1. The highest BCUT2D eigenvalue weighted by atomic mass is 32.2. The summed E-state index contributed by atoms with van der Waals surface area (Å²) in [6.45, 7) is 0.519. The van der Waals surface area contributed by atoms with Gasteiger partial charge in [0.25, 0.3) is 0 Å². The van der Waals surface area contributed by atoms with Crippen molar-refractivity contribution in [2.45, 2.75) is 17.5 Å². The monoisotopic (exact) mass is 411 g/mol. The van der Waals surface area contributed by atoms with E-state index >= 15 is 0 Å². The quantitative estimate of drug-likeness (QED) is 0.435. The second kappa shape index (κ2) is 8.53. The molecule has 0 unspecified atom stereocenters. The third-order valence-electron chi connectivity index (χ3n) is 4.21. The topological polar surface area (TPSA) is 55.6 Å². The Morgan fingerprint density at radius 2 is 1.86 bits per heavy atom. The van der Waals surface area contributed by atoms with E-state index in [1.807, 2.05) is 53.4 Å². The molecular weight excluding hydrogens is 393 g/mol. The molecule has 0 aliphatic carbocycles. The molecule has 142 valence electrons. The molecule has 0 saturated heterocycles. The molecular formula is C20H18FN5S2. The van der Waals surface area contributed by atoms with Crippen LogP contribution in [0.25, 0.3) is 11.3 Å².